The van der Waals surface area contributed by atoms with Crippen molar-refractivity contribution in [1.29, 1.82) is 0 Å². The zero-order valence-corrected chi connectivity index (χ0v) is 11.5. The third-order valence-electron chi connectivity index (χ3n) is 3.43. The zero-order chi connectivity index (χ0) is 13.7. The lowest BCUT2D eigenvalue weighted by Crippen LogP contribution is -2.51. The number of nitrogens with one attached hydrogen (secondary N) is 2. The smallest absolute Gasteiger partial charge is 0.315 e. The van der Waals surface area contributed by atoms with E-state index in [0.29, 0.717) is 6.54 Å². The Morgan fingerprint density at radius 2 is 2.11 bits per heavy atom. The first-order valence-corrected chi connectivity index (χ1v) is 7.28. The minimum atomic E-state index is -0.861. The molecule has 6 heteroatoms. The van der Waals surface area contributed by atoms with Crippen LogP contribution < -0.4 is 10.6 Å². The SMILES string of the molecule is O=C(O)CC1(NC(=O)NCc2cccs2)CCCC1. The summed E-state index contributed by atoms with van der Waals surface area (Å²) >= 11 is 1.58. The van der Waals surface area contributed by atoms with Gasteiger partial charge in [-0.3, -0.25) is 4.79 Å². The van der Waals surface area contributed by atoms with Crippen molar-refractivity contribution in [2.24, 2.45) is 0 Å². The summed E-state index contributed by atoms with van der Waals surface area (Å²) < 4.78 is 0. The van der Waals surface area contributed by atoms with Gasteiger partial charge in [0.2, 0.25) is 0 Å². The van der Waals surface area contributed by atoms with Crippen LogP contribution in [0.4, 0.5) is 4.79 Å². The maximum absolute atomic E-state index is 11.9. The Morgan fingerprint density at radius 1 is 1.37 bits per heavy atom. The van der Waals surface area contributed by atoms with Gasteiger partial charge in [0.1, 0.15) is 0 Å². The van der Waals surface area contributed by atoms with Crippen molar-refractivity contribution in [3.63, 3.8) is 0 Å². The minimum Gasteiger partial charge on any atom is -0.481 e. The number of hydrogen-bond donors (Lipinski definition) is 3. The largest absolute Gasteiger partial charge is 0.481 e. The van der Waals surface area contributed by atoms with Crippen molar-refractivity contribution >= 4 is 23.3 Å². The Labute approximate surface area is 116 Å². The molecule has 2 rings (SSSR count). The fraction of sp³-hybridized carbons (Fsp3) is 0.538. The molecule has 1 aromatic heterocycles. The van der Waals surface area contributed by atoms with Crippen molar-refractivity contribution in [1.82, 2.24) is 10.6 Å². The van der Waals surface area contributed by atoms with E-state index in [9.17, 15) is 9.59 Å². The molecule has 1 aliphatic carbocycles. The molecule has 1 heterocycles. The number of carbonyl (C=O) groups is 2. The summed E-state index contributed by atoms with van der Waals surface area (Å²) in [5.74, 6) is -0.861. The van der Waals surface area contributed by atoms with Gasteiger partial charge in [-0.05, 0) is 24.3 Å². The molecule has 1 aromatic rings. The molecule has 0 aliphatic heterocycles. The number of thiophene rings is 1. The van der Waals surface area contributed by atoms with Gasteiger partial charge in [-0.2, -0.15) is 0 Å². The van der Waals surface area contributed by atoms with Gasteiger partial charge >= 0.3 is 12.0 Å². The van der Waals surface area contributed by atoms with Crippen molar-refractivity contribution in [2.75, 3.05) is 0 Å². The van der Waals surface area contributed by atoms with E-state index in [-0.39, 0.29) is 12.5 Å². The molecule has 0 saturated heterocycles. The molecule has 104 valence electrons. The molecular formula is C13H18N2O3S. The predicted octanol–water partition coefficient (Wildman–Crippen LogP) is 2.33. The van der Waals surface area contributed by atoms with E-state index in [0.717, 1.165) is 30.6 Å². The fourth-order valence-corrected chi connectivity index (χ4v) is 3.20. The molecule has 2 amide bonds. The number of carbonyl (C=O) groups excluding carboxylic acids is 1. The topological polar surface area (TPSA) is 78.4 Å². The Hall–Kier alpha value is -1.56. The summed E-state index contributed by atoms with van der Waals surface area (Å²) in [5.41, 5.74) is -0.564. The van der Waals surface area contributed by atoms with E-state index in [4.69, 9.17) is 5.11 Å². The van der Waals surface area contributed by atoms with Gasteiger partial charge in [-0.15, -0.1) is 11.3 Å². The Balaban J connectivity index is 1.86. The van der Waals surface area contributed by atoms with Crippen LogP contribution in [0.2, 0.25) is 0 Å². The standard InChI is InChI=1S/C13H18N2O3S/c16-11(17)8-13(5-1-2-6-13)15-12(18)14-9-10-4-3-7-19-10/h3-4,7H,1-2,5-6,8-9H2,(H,16,17)(H2,14,15,18). The lowest BCUT2D eigenvalue weighted by Gasteiger charge is -2.28. The summed E-state index contributed by atoms with van der Waals surface area (Å²) in [5, 5.41) is 16.6. The zero-order valence-electron chi connectivity index (χ0n) is 10.6. The molecule has 1 fully saturated rings. The van der Waals surface area contributed by atoms with Gasteiger partial charge in [-0.25, -0.2) is 4.79 Å². The summed E-state index contributed by atoms with van der Waals surface area (Å²) in [6, 6.07) is 3.60. The van der Waals surface area contributed by atoms with Crippen molar-refractivity contribution < 1.29 is 14.7 Å². The van der Waals surface area contributed by atoms with E-state index in [2.05, 4.69) is 10.6 Å². The second-order valence-electron chi connectivity index (χ2n) is 4.94. The second-order valence-corrected chi connectivity index (χ2v) is 5.98. The van der Waals surface area contributed by atoms with Crippen LogP contribution in [0.25, 0.3) is 0 Å². The van der Waals surface area contributed by atoms with Crippen molar-refractivity contribution in [3.8, 4) is 0 Å². The lowest BCUT2D eigenvalue weighted by molar-refractivity contribution is -0.138. The first kappa shape index (κ1) is 13.9. The van der Waals surface area contributed by atoms with Crippen molar-refractivity contribution in [2.45, 2.75) is 44.2 Å². The van der Waals surface area contributed by atoms with Crippen LogP contribution in [-0.4, -0.2) is 22.6 Å². The van der Waals surface area contributed by atoms with Crippen LogP contribution in [0.1, 0.15) is 37.0 Å². The molecule has 0 bridgehead atoms. The highest BCUT2D eigenvalue weighted by atomic mass is 32.1. The summed E-state index contributed by atoms with van der Waals surface area (Å²) in [6.45, 7) is 0.479. The summed E-state index contributed by atoms with van der Waals surface area (Å²) in [6.07, 6.45) is 3.42. The average Bonchev–Trinajstić information content (AvgIpc) is 2.97. The van der Waals surface area contributed by atoms with Crippen molar-refractivity contribution in [3.05, 3.63) is 22.4 Å². The third-order valence-corrected chi connectivity index (χ3v) is 4.31. The molecular weight excluding hydrogens is 264 g/mol. The number of rotatable bonds is 5. The third kappa shape index (κ3) is 3.96. The summed E-state index contributed by atoms with van der Waals surface area (Å²) in [4.78, 5) is 23.9. The lowest BCUT2D eigenvalue weighted by atomic mass is 9.93. The van der Waals surface area contributed by atoms with Gasteiger partial charge in [0, 0.05) is 4.88 Å². The van der Waals surface area contributed by atoms with E-state index in [1.807, 2.05) is 17.5 Å². The molecule has 19 heavy (non-hydrogen) atoms. The Bertz CT molecular complexity index is 439. The molecule has 1 saturated carbocycles. The van der Waals surface area contributed by atoms with Crippen LogP contribution >= 0.6 is 11.3 Å². The normalized spacial score (nSPS) is 17.1. The quantitative estimate of drug-likeness (QED) is 0.775. The first-order valence-electron chi connectivity index (χ1n) is 6.40. The monoisotopic (exact) mass is 282 g/mol. The highest BCUT2D eigenvalue weighted by molar-refractivity contribution is 7.09. The number of aliphatic carboxylic acids is 1. The van der Waals surface area contributed by atoms with Crippen LogP contribution in [-0.2, 0) is 11.3 Å². The fourth-order valence-electron chi connectivity index (χ4n) is 2.55. The Kier molecular flexibility index (Phi) is 4.42. The molecule has 0 aromatic carbocycles. The molecule has 0 radical (unpaired) electrons. The van der Waals surface area contributed by atoms with Gasteiger partial charge in [-0.1, -0.05) is 18.9 Å². The molecule has 3 N–H and O–H groups in total. The molecule has 0 atom stereocenters. The number of amides is 2. The maximum atomic E-state index is 11.9. The van der Waals surface area contributed by atoms with Gasteiger partial charge in [0.25, 0.3) is 0 Å². The molecule has 0 unspecified atom stereocenters. The van der Waals surface area contributed by atoms with E-state index < -0.39 is 11.5 Å². The van der Waals surface area contributed by atoms with Gasteiger partial charge < -0.3 is 15.7 Å². The average molecular weight is 282 g/mol. The van der Waals surface area contributed by atoms with Crippen LogP contribution in [0, 0.1) is 0 Å². The van der Waals surface area contributed by atoms with Crippen LogP contribution in [0.5, 0.6) is 0 Å². The van der Waals surface area contributed by atoms with Crippen LogP contribution in [0.15, 0.2) is 17.5 Å². The molecule has 0 spiro atoms. The number of hydrogen-bond acceptors (Lipinski definition) is 3. The number of carboxylic acid groups (broad SMARTS) is 1. The summed E-state index contributed by atoms with van der Waals surface area (Å²) in [7, 11) is 0. The van der Waals surface area contributed by atoms with Crippen LogP contribution in [0.3, 0.4) is 0 Å². The predicted molar refractivity (Wildman–Crippen MR) is 73.1 cm³/mol. The minimum absolute atomic E-state index is 0.000573. The highest BCUT2D eigenvalue weighted by Crippen LogP contribution is 2.32. The van der Waals surface area contributed by atoms with Gasteiger partial charge in [0.05, 0.1) is 18.5 Å². The van der Waals surface area contributed by atoms with E-state index in [1.165, 1.54) is 0 Å². The number of urea groups is 1. The Morgan fingerprint density at radius 3 is 2.68 bits per heavy atom. The van der Waals surface area contributed by atoms with E-state index >= 15 is 0 Å². The first-order chi connectivity index (χ1) is 9.10. The maximum Gasteiger partial charge on any atom is 0.315 e. The number of carboxylic acids is 1. The molecule has 5 nitrogen and oxygen atoms in total. The van der Waals surface area contributed by atoms with E-state index in [1.54, 1.807) is 11.3 Å². The second kappa shape index (κ2) is 6.06. The highest BCUT2D eigenvalue weighted by Gasteiger charge is 2.37. The van der Waals surface area contributed by atoms with Gasteiger partial charge in [0.15, 0.2) is 0 Å². The molecule has 1 aliphatic rings.